The monoisotopic (exact) mass is 448 g/mol. The fraction of sp³-hybridized carbons (Fsp3) is 0.286. The van der Waals surface area contributed by atoms with E-state index in [0.29, 0.717) is 17.9 Å². The topological polar surface area (TPSA) is 128 Å². The minimum absolute atomic E-state index is 0.0216. The van der Waals surface area contributed by atoms with E-state index >= 15 is 0 Å². The Morgan fingerprint density at radius 1 is 0.935 bits per heavy atom. The highest BCUT2D eigenvalue weighted by molar-refractivity contribution is 7.92. The van der Waals surface area contributed by atoms with Gasteiger partial charge in [0.15, 0.2) is 6.61 Å². The van der Waals surface area contributed by atoms with Gasteiger partial charge in [-0.3, -0.25) is 9.52 Å². The number of amides is 1. The zero-order valence-corrected chi connectivity index (χ0v) is 18.0. The first-order valence-corrected chi connectivity index (χ1v) is 11.4. The summed E-state index contributed by atoms with van der Waals surface area (Å²) in [6.45, 7) is 1.77. The molecule has 0 atom stereocenters. The van der Waals surface area contributed by atoms with Crippen molar-refractivity contribution in [3.8, 4) is 0 Å². The maximum Gasteiger partial charge on any atom is 0.340 e. The molecule has 2 aromatic carbocycles. The van der Waals surface area contributed by atoms with Crippen LogP contribution in [-0.4, -0.2) is 45.7 Å². The lowest BCUT2D eigenvalue weighted by Crippen LogP contribution is -2.22. The number of benzene rings is 2. The quantitative estimate of drug-likeness (QED) is 0.422. The molecule has 10 heteroatoms. The van der Waals surface area contributed by atoms with Gasteiger partial charge in [0.1, 0.15) is 0 Å². The number of sulfonamides is 1. The SMILES string of the molecule is CCCCOC(=O)c1ccc(NC(=O)COC(=O)c2ccccc2NS(C)(=O)=O)cc1. The molecule has 166 valence electrons. The van der Waals surface area contributed by atoms with Crippen LogP contribution in [-0.2, 0) is 24.3 Å². The fourth-order valence-electron chi connectivity index (χ4n) is 2.44. The average Bonchev–Trinajstić information content (AvgIpc) is 2.72. The average molecular weight is 448 g/mol. The predicted molar refractivity (Wildman–Crippen MR) is 115 cm³/mol. The molecule has 0 radical (unpaired) electrons. The van der Waals surface area contributed by atoms with E-state index in [1.54, 1.807) is 12.1 Å². The maximum atomic E-state index is 12.2. The Kier molecular flexibility index (Phi) is 8.56. The summed E-state index contributed by atoms with van der Waals surface area (Å²) in [7, 11) is -3.59. The third-order valence-electron chi connectivity index (χ3n) is 3.91. The molecule has 0 fully saturated rings. The van der Waals surface area contributed by atoms with Crippen LogP contribution in [0.5, 0.6) is 0 Å². The van der Waals surface area contributed by atoms with Crippen molar-refractivity contribution in [3.63, 3.8) is 0 Å². The van der Waals surface area contributed by atoms with E-state index in [-0.39, 0.29) is 11.3 Å². The Morgan fingerprint density at radius 2 is 1.61 bits per heavy atom. The minimum atomic E-state index is -3.59. The number of carbonyl (C=O) groups is 3. The fourth-order valence-corrected chi connectivity index (χ4v) is 3.02. The summed E-state index contributed by atoms with van der Waals surface area (Å²) in [6.07, 6.45) is 2.66. The molecule has 31 heavy (non-hydrogen) atoms. The molecule has 0 aliphatic rings. The van der Waals surface area contributed by atoms with Gasteiger partial charge in [0.25, 0.3) is 5.91 Å². The van der Waals surface area contributed by atoms with Crippen LogP contribution >= 0.6 is 0 Å². The van der Waals surface area contributed by atoms with Gasteiger partial charge in [0, 0.05) is 5.69 Å². The second-order valence-corrected chi connectivity index (χ2v) is 8.36. The lowest BCUT2D eigenvalue weighted by atomic mass is 10.2. The Morgan fingerprint density at radius 3 is 2.26 bits per heavy atom. The molecule has 0 heterocycles. The number of anilines is 2. The molecule has 2 aromatic rings. The smallest absolute Gasteiger partial charge is 0.340 e. The van der Waals surface area contributed by atoms with Crippen molar-refractivity contribution in [3.05, 3.63) is 59.7 Å². The first-order chi connectivity index (χ1) is 14.7. The summed E-state index contributed by atoms with van der Waals surface area (Å²) in [5, 5.41) is 2.54. The first kappa shape index (κ1) is 23.9. The second kappa shape index (κ2) is 11.1. The first-order valence-electron chi connectivity index (χ1n) is 9.50. The number of nitrogens with one attached hydrogen (secondary N) is 2. The van der Waals surface area contributed by atoms with Gasteiger partial charge in [-0.1, -0.05) is 25.5 Å². The number of hydrogen-bond acceptors (Lipinski definition) is 7. The molecule has 0 aliphatic carbocycles. The van der Waals surface area contributed by atoms with Gasteiger partial charge in [-0.2, -0.15) is 0 Å². The summed E-state index contributed by atoms with van der Waals surface area (Å²) in [4.78, 5) is 36.2. The number of para-hydroxylation sites is 1. The Bertz CT molecular complexity index is 1030. The van der Waals surface area contributed by atoms with E-state index in [1.807, 2.05) is 6.92 Å². The normalized spacial score (nSPS) is 10.8. The van der Waals surface area contributed by atoms with E-state index in [1.165, 1.54) is 36.4 Å². The van der Waals surface area contributed by atoms with Crippen LogP contribution in [0.25, 0.3) is 0 Å². The van der Waals surface area contributed by atoms with Gasteiger partial charge >= 0.3 is 11.9 Å². The van der Waals surface area contributed by atoms with Gasteiger partial charge in [-0.05, 0) is 42.8 Å². The molecule has 0 aliphatic heterocycles. The van der Waals surface area contributed by atoms with Gasteiger partial charge < -0.3 is 14.8 Å². The van der Waals surface area contributed by atoms with Crippen LogP contribution in [0.4, 0.5) is 11.4 Å². The van der Waals surface area contributed by atoms with Crippen molar-refractivity contribution < 1.29 is 32.3 Å². The van der Waals surface area contributed by atoms with Crippen LogP contribution in [0, 0.1) is 0 Å². The number of unbranched alkanes of at least 4 members (excludes halogenated alkanes) is 1. The molecule has 2 rings (SSSR count). The summed E-state index contributed by atoms with van der Waals surface area (Å²) in [6, 6.07) is 12.0. The van der Waals surface area contributed by atoms with Crippen molar-refractivity contribution in [2.45, 2.75) is 19.8 Å². The van der Waals surface area contributed by atoms with Crippen molar-refractivity contribution in [2.75, 3.05) is 29.5 Å². The highest BCUT2D eigenvalue weighted by Gasteiger charge is 2.16. The summed E-state index contributed by atoms with van der Waals surface area (Å²) < 4.78 is 35.1. The highest BCUT2D eigenvalue weighted by atomic mass is 32.2. The van der Waals surface area contributed by atoms with Gasteiger partial charge in [0.05, 0.1) is 29.7 Å². The van der Waals surface area contributed by atoms with Crippen molar-refractivity contribution in [2.24, 2.45) is 0 Å². The lowest BCUT2D eigenvalue weighted by Gasteiger charge is -2.11. The number of rotatable bonds is 10. The number of hydrogen-bond donors (Lipinski definition) is 2. The molecular formula is C21H24N2O7S. The zero-order chi connectivity index (χ0) is 22.9. The standard InChI is InChI=1S/C21H24N2O7S/c1-3-4-13-29-20(25)15-9-11-16(12-10-15)22-19(24)14-30-21(26)17-7-5-6-8-18(17)23-31(2,27)28/h5-12,23H,3-4,13-14H2,1-2H3,(H,22,24). The van der Waals surface area contributed by atoms with E-state index in [0.717, 1.165) is 19.1 Å². The second-order valence-electron chi connectivity index (χ2n) is 6.61. The van der Waals surface area contributed by atoms with Crippen molar-refractivity contribution >= 4 is 39.2 Å². The van der Waals surface area contributed by atoms with Crippen molar-refractivity contribution in [1.82, 2.24) is 0 Å². The molecule has 9 nitrogen and oxygen atoms in total. The Balaban J connectivity index is 1.90. The molecule has 0 saturated carbocycles. The van der Waals surface area contributed by atoms with E-state index in [2.05, 4.69) is 10.0 Å². The molecule has 0 unspecified atom stereocenters. The van der Waals surface area contributed by atoms with E-state index < -0.39 is 34.5 Å². The third kappa shape index (κ3) is 8.09. The highest BCUT2D eigenvalue weighted by Crippen LogP contribution is 2.17. The zero-order valence-electron chi connectivity index (χ0n) is 17.2. The van der Waals surface area contributed by atoms with Gasteiger partial charge in [-0.15, -0.1) is 0 Å². The lowest BCUT2D eigenvalue weighted by molar-refractivity contribution is -0.119. The molecule has 0 saturated heterocycles. The van der Waals surface area contributed by atoms with Crippen LogP contribution in [0.2, 0.25) is 0 Å². The summed E-state index contributed by atoms with van der Waals surface area (Å²) in [5.41, 5.74) is 0.796. The molecule has 2 N–H and O–H groups in total. The number of ether oxygens (including phenoxy) is 2. The predicted octanol–water partition coefficient (Wildman–Crippen LogP) is 2.81. The third-order valence-corrected chi connectivity index (χ3v) is 4.50. The molecule has 0 aromatic heterocycles. The van der Waals surface area contributed by atoms with E-state index in [9.17, 15) is 22.8 Å². The summed E-state index contributed by atoms with van der Waals surface area (Å²) in [5.74, 6) is -1.89. The molecular weight excluding hydrogens is 424 g/mol. The van der Waals surface area contributed by atoms with E-state index in [4.69, 9.17) is 9.47 Å². The van der Waals surface area contributed by atoms with Crippen molar-refractivity contribution in [1.29, 1.82) is 0 Å². The van der Waals surface area contributed by atoms with Crippen LogP contribution in [0.3, 0.4) is 0 Å². The minimum Gasteiger partial charge on any atom is -0.462 e. The largest absolute Gasteiger partial charge is 0.462 e. The van der Waals surface area contributed by atoms with Crippen LogP contribution in [0.15, 0.2) is 48.5 Å². The van der Waals surface area contributed by atoms with Crippen LogP contribution in [0.1, 0.15) is 40.5 Å². The Labute approximate surface area is 180 Å². The molecule has 1 amide bonds. The molecule has 0 spiro atoms. The summed E-state index contributed by atoms with van der Waals surface area (Å²) >= 11 is 0. The maximum absolute atomic E-state index is 12.2. The van der Waals surface area contributed by atoms with Crippen LogP contribution < -0.4 is 10.0 Å². The molecule has 0 bridgehead atoms. The van der Waals surface area contributed by atoms with Gasteiger partial charge in [0.2, 0.25) is 10.0 Å². The number of carbonyl (C=O) groups excluding carboxylic acids is 3. The van der Waals surface area contributed by atoms with Gasteiger partial charge in [-0.25, -0.2) is 18.0 Å². The Hall–Kier alpha value is -3.40. The number of esters is 2.